The van der Waals surface area contributed by atoms with E-state index in [1.807, 2.05) is 22.7 Å². The number of hydrogen-bond donors (Lipinski definition) is 0. The van der Waals surface area contributed by atoms with Crippen LogP contribution in [0.3, 0.4) is 0 Å². The summed E-state index contributed by atoms with van der Waals surface area (Å²) in [6, 6.07) is 82.7. The van der Waals surface area contributed by atoms with E-state index >= 15 is 0 Å². The first-order valence-corrected chi connectivity index (χ1v) is 27.0. The van der Waals surface area contributed by atoms with Gasteiger partial charge in [-0.15, -0.1) is 22.7 Å². The summed E-state index contributed by atoms with van der Waals surface area (Å²) in [6.07, 6.45) is 0. The summed E-state index contributed by atoms with van der Waals surface area (Å²) < 4.78 is 10.3. The van der Waals surface area contributed by atoms with Gasteiger partial charge in [0.1, 0.15) is 0 Å². The highest BCUT2D eigenvalue weighted by Gasteiger charge is 2.37. The molecule has 0 fully saturated rings. The highest BCUT2D eigenvalue weighted by atomic mass is 32.1. The summed E-state index contributed by atoms with van der Waals surface area (Å²) in [5.41, 5.74) is 15.0. The van der Waals surface area contributed by atoms with Gasteiger partial charge in [0.05, 0.1) is 42.8 Å². The molecule has 1 aliphatic rings. The van der Waals surface area contributed by atoms with E-state index in [1.165, 1.54) is 161 Å². The zero-order valence-corrected chi connectivity index (χ0v) is 41.6. The standard InChI is InChI=1S/C69H42N2S2/c1-69(2)57-36-51-44-18-6-4-16-42(44)41-15-3-5-17-43(41)50(51)35-52(57)53-38-64-56(37-58(53)69)55-34-40(30-32-61(55)71(64)63-26-14-23-49-47-21-9-12-28-66(47)73-68(49)63)39-29-31-60-54(33-39)45-19-7-10-24-59(45)70(60)62-25-13-22-48-46-20-8-11-27-65(46)72-67(48)62/h3-38H,1-2H3. The van der Waals surface area contributed by atoms with Crippen LogP contribution >= 0.6 is 22.7 Å². The highest BCUT2D eigenvalue weighted by Crippen LogP contribution is 2.54. The largest absolute Gasteiger partial charge is 0.308 e. The lowest BCUT2D eigenvalue weighted by molar-refractivity contribution is 0.662. The molecule has 16 aromatic rings. The summed E-state index contributed by atoms with van der Waals surface area (Å²) >= 11 is 3.79. The molecule has 2 nitrogen and oxygen atoms in total. The zero-order chi connectivity index (χ0) is 47.8. The SMILES string of the molecule is CC1(C)c2cc3c4ccccc4c4ccccc4c3cc2-c2cc3c(cc21)c1cc(-c2ccc4c(c2)c2ccccc2n4-c2cccc4c2sc2ccccc24)ccc1n3-c1cccc2c1sc1ccccc12. The van der Waals surface area contributed by atoms with Gasteiger partial charge in [-0.2, -0.15) is 0 Å². The lowest BCUT2D eigenvalue weighted by Gasteiger charge is -2.22. The minimum absolute atomic E-state index is 0.225. The Morgan fingerprint density at radius 2 is 0.685 bits per heavy atom. The maximum Gasteiger partial charge on any atom is 0.0640 e. The van der Waals surface area contributed by atoms with E-state index in [9.17, 15) is 0 Å². The van der Waals surface area contributed by atoms with Crippen LogP contribution in [-0.2, 0) is 5.41 Å². The maximum absolute atomic E-state index is 2.58. The van der Waals surface area contributed by atoms with Crippen molar-refractivity contribution in [3.63, 3.8) is 0 Å². The van der Waals surface area contributed by atoms with Crippen molar-refractivity contribution in [3.05, 3.63) is 230 Å². The van der Waals surface area contributed by atoms with Gasteiger partial charge in [0, 0.05) is 57.9 Å². The number of nitrogens with zero attached hydrogens (tertiary/aromatic N) is 2. The third-order valence-electron chi connectivity index (χ3n) is 16.7. The van der Waals surface area contributed by atoms with Gasteiger partial charge in [-0.1, -0.05) is 153 Å². The molecular weight excluding hydrogens is 921 g/mol. The minimum atomic E-state index is -0.225. The number of para-hydroxylation sites is 1. The van der Waals surface area contributed by atoms with Gasteiger partial charge in [0.25, 0.3) is 0 Å². The molecule has 0 amide bonds. The summed E-state index contributed by atoms with van der Waals surface area (Å²) in [4.78, 5) is 0. The molecular formula is C69H42N2S2. The van der Waals surface area contributed by atoms with Crippen LogP contribution in [0, 0.1) is 0 Å². The van der Waals surface area contributed by atoms with E-state index in [4.69, 9.17) is 0 Å². The Labute approximate surface area is 427 Å². The first-order chi connectivity index (χ1) is 36.0. The van der Waals surface area contributed by atoms with Gasteiger partial charge in [0.2, 0.25) is 0 Å². The van der Waals surface area contributed by atoms with E-state index in [0.29, 0.717) is 0 Å². The van der Waals surface area contributed by atoms with Crippen molar-refractivity contribution in [2.75, 3.05) is 0 Å². The van der Waals surface area contributed by atoms with E-state index in [1.54, 1.807) is 0 Å². The average molecular weight is 963 g/mol. The van der Waals surface area contributed by atoms with Gasteiger partial charge in [0.15, 0.2) is 0 Å². The maximum atomic E-state index is 2.58. The number of fused-ring (bicyclic) bond motifs is 21. The second kappa shape index (κ2) is 14.3. The Morgan fingerprint density at radius 1 is 0.288 bits per heavy atom. The van der Waals surface area contributed by atoms with E-state index in [2.05, 4.69) is 241 Å². The third-order valence-corrected chi connectivity index (χ3v) is 19.1. The Morgan fingerprint density at radius 3 is 1.26 bits per heavy atom. The lowest BCUT2D eigenvalue weighted by atomic mass is 9.81. The fourth-order valence-electron chi connectivity index (χ4n) is 13.3. The second-order valence-corrected chi connectivity index (χ2v) is 22.8. The molecule has 4 heterocycles. The summed E-state index contributed by atoms with van der Waals surface area (Å²) in [6.45, 7) is 4.88. The van der Waals surface area contributed by atoms with Crippen LogP contribution in [0.1, 0.15) is 25.0 Å². The monoisotopic (exact) mass is 962 g/mol. The molecule has 0 atom stereocenters. The molecule has 0 saturated carbocycles. The fraction of sp³-hybridized carbons (Fsp3) is 0.0435. The normalized spacial score (nSPS) is 13.5. The molecule has 1 aliphatic carbocycles. The first-order valence-electron chi connectivity index (χ1n) is 25.3. The van der Waals surface area contributed by atoms with Crippen molar-refractivity contribution in [3.8, 4) is 33.6 Å². The average Bonchev–Trinajstić information content (AvgIpc) is 4.23. The first kappa shape index (κ1) is 40.1. The molecule has 0 spiro atoms. The van der Waals surface area contributed by atoms with E-state index < -0.39 is 0 Å². The van der Waals surface area contributed by atoms with Crippen LogP contribution in [-0.4, -0.2) is 9.13 Å². The molecule has 4 heteroatoms. The topological polar surface area (TPSA) is 9.86 Å². The van der Waals surface area contributed by atoms with Crippen molar-refractivity contribution >= 4 is 139 Å². The Bertz CT molecular complexity index is 5130. The molecule has 0 radical (unpaired) electrons. The molecule has 0 aliphatic heterocycles. The summed E-state index contributed by atoms with van der Waals surface area (Å²) in [7, 11) is 0. The van der Waals surface area contributed by atoms with Crippen molar-refractivity contribution in [1.82, 2.24) is 9.13 Å². The number of hydrogen-bond acceptors (Lipinski definition) is 2. The van der Waals surface area contributed by atoms with Gasteiger partial charge in [-0.25, -0.2) is 0 Å². The number of thiophene rings is 2. The predicted octanol–water partition coefficient (Wildman–Crippen LogP) is 20.0. The molecule has 340 valence electrons. The summed E-state index contributed by atoms with van der Waals surface area (Å²) in [5, 5.41) is 18.2. The van der Waals surface area contributed by atoms with Crippen LogP contribution in [0.4, 0.5) is 0 Å². The molecule has 0 unspecified atom stereocenters. The predicted molar refractivity (Wildman–Crippen MR) is 316 cm³/mol. The Balaban J connectivity index is 0.916. The van der Waals surface area contributed by atoms with Crippen LogP contribution < -0.4 is 0 Å². The molecule has 17 rings (SSSR count). The molecule has 0 N–H and O–H groups in total. The quantitative estimate of drug-likeness (QED) is 0.156. The lowest BCUT2D eigenvalue weighted by Crippen LogP contribution is -2.15. The van der Waals surface area contributed by atoms with Crippen molar-refractivity contribution in [2.45, 2.75) is 19.3 Å². The summed E-state index contributed by atoms with van der Waals surface area (Å²) in [5.74, 6) is 0. The number of aromatic nitrogens is 2. The third kappa shape index (κ3) is 5.31. The number of benzene rings is 12. The van der Waals surface area contributed by atoms with Crippen molar-refractivity contribution in [1.29, 1.82) is 0 Å². The van der Waals surface area contributed by atoms with Crippen LogP contribution in [0.15, 0.2) is 218 Å². The molecule has 0 saturated heterocycles. The smallest absolute Gasteiger partial charge is 0.0640 e. The van der Waals surface area contributed by atoms with Crippen LogP contribution in [0.2, 0.25) is 0 Å². The van der Waals surface area contributed by atoms with E-state index in [0.717, 1.165) is 0 Å². The number of rotatable bonds is 3. The van der Waals surface area contributed by atoms with Crippen LogP contribution in [0.5, 0.6) is 0 Å². The Hall–Kier alpha value is -8.54. The van der Waals surface area contributed by atoms with Crippen LogP contribution in [0.25, 0.3) is 150 Å². The van der Waals surface area contributed by atoms with Crippen molar-refractivity contribution < 1.29 is 0 Å². The molecule has 0 bridgehead atoms. The van der Waals surface area contributed by atoms with Crippen molar-refractivity contribution in [2.24, 2.45) is 0 Å². The van der Waals surface area contributed by atoms with E-state index in [-0.39, 0.29) is 5.41 Å². The zero-order valence-electron chi connectivity index (χ0n) is 40.0. The molecule has 4 aromatic heterocycles. The van der Waals surface area contributed by atoms with Gasteiger partial charge in [-0.3, -0.25) is 0 Å². The van der Waals surface area contributed by atoms with Gasteiger partial charge >= 0.3 is 0 Å². The molecule has 12 aromatic carbocycles. The van der Waals surface area contributed by atoms with Gasteiger partial charge in [-0.05, 0) is 145 Å². The Kier molecular flexibility index (Phi) is 7.87. The van der Waals surface area contributed by atoms with Gasteiger partial charge < -0.3 is 9.13 Å². The molecule has 73 heavy (non-hydrogen) atoms. The highest BCUT2D eigenvalue weighted by molar-refractivity contribution is 7.26. The second-order valence-electron chi connectivity index (χ2n) is 20.7. The minimum Gasteiger partial charge on any atom is -0.308 e. The fourth-order valence-corrected chi connectivity index (χ4v) is 15.7.